The lowest BCUT2D eigenvalue weighted by atomic mass is 10.2. The van der Waals surface area contributed by atoms with E-state index in [-0.39, 0.29) is 5.91 Å². The van der Waals surface area contributed by atoms with Crippen LogP contribution in [0.4, 0.5) is 0 Å². The summed E-state index contributed by atoms with van der Waals surface area (Å²) >= 11 is 4.10. The van der Waals surface area contributed by atoms with Crippen LogP contribution in [0.2, 0.25) is 0 Å². The number of nitrogens with one attached hydrogen (secondary N) is 2. The number of likely N-dealkylation sites (N-methyl/N-ethyl adjacent to an activating group) is 1. The number of carbonyl (C=O) groups is 1. The van der Waals surface area contributed by atoms with Crippen molar-refractivity contribution < 1.29 is 4.79 Å². The molecule has 0 saturated carbocycles. The summed E-state index contributed by atoms with van der Waals surface area (Å²) in [7, 11) is 1.76. The summed E-state index contributed by atoms with van der Waals surface area (Å²) in [5, 5.41) is 5.61. The lowest BCUT2D eigenvalue weighted by molar-refractivity contribution is -0.120. The highest BCUT2D eigenvalue weighted by Gasteiger charge is 1.96. The maximum Gasteiger partial charge on any atom is 0.233 e. The summed E-state index contributed by atoms with van der Waals surface area (Å²) in [5.74, 6) is 1.01. The third kappa shape index (κ3) is 7.88. The Morgan fingerprint density at radius 3 is 2.67 bits per heavy atom. The normalized spacial score (nSPS) is 9.83. The van der Waals surface area contributed by atoms with Crippen LogP contribution in [-0.4, -0.2) is 31.8 Å². The molecule has 0 aliphatic rings. The molecule has 0 radical (unpaired) electrons. The second-order valence-electron chi connectivity index (χ2n) is 2.66. The van der Waals surface area contributed by atoms with Crippen LogP contribution in [0.15, 0.2) is 0 Å². The number of carbonyl (C=O) groups excluding carboxylic acids is 1. The van der Waals surface area contributed by atoms with Gasteiger partial charge in [-0.1, -0.05) is 6.42 Å². The minimum Gasteiger partial charge on any atom is -0.355 e. The zero-order chi connectivity index (χ0) is 9.23. The Morgan fingerprint density at radius 1 is 1.33 bits per heavy atom. The third-order valence-corrected chi connectivity index (χ3v) is 1.81. The molecule has 0 aromatic heterocycles. The van der Waals surface area contributed by atoms with Gasteiger partial charge in [-0.15, -0.1) is 0 Å². The third-order valence-electron chi connectivity index (χ3n) is 1.49. The van der Waals surface area contributed by atoms with Crippen LogP contribution in [0.3, 0.4) is 0 Å². The first-order chi connectivity index (χ1) is 5.81. The van der Waals surface area contributed by atoms with Crippen molar-refractivity contribution in [2.45, 2.75) is 19.3 Å². The number of rotatable bonds is 7. The Morgan fingerprint density at radius 2 is 2.08 bits per heavy atom. The van der Waals surface area contributed by atoms with Gasteiger partial charge in [0.2, 0.25) is 5.91 Å². The van der Waals surface area contributed by atoms with Crippen molar-refractivity contribution in [3.05, 3.63) is 0 Å². The van der Waals surface area contributed by atoms with Gasteiger partial charge in [0, 0.05) is 6.54 Å². The molecule has 12 heavy (non-hydrogen) atoms. The minimum absolute atomic E-state index is 0.0726. The van der Waals surface area contributed by atoms with E-state index in [1.807, 2.05) is 0 Å². The van der Waals surface area contributed by atoms with Crippen LogP contribution in [0, 0.1) is 0 Å². The van der Waals surface area contributed by atoms with Crippen LogP contribution in [0.1, 0.15) is 19.3 Å². The van der Waals surface area contributed by atoms with Crippen LogP contribution < -0.4 is 10.6 Å². The van der Waals surface area contributed by atoms with Crippen molar-refractivity contribution in [1.29, 1.82) is 0 Å². The van der Waals surface area contributed by atoms with Gasteiger partial charge in [0.1, 0.15) is 0 Å². The molecule has 0 aromatic carbocycles. The van der Waals surface area contributed by atoms with Gasteiger partial charge in [-0.05, 0) is 25.6 Å². The van der Waals surface area contributed by atoms with Crippen molar-refractivity contribution in [3.8, 4) is 0 Å². The molecule has 0 aliphatic heterocycles. The number of hydrogen-bond donors (Lipinski definition) is 3. The summed E-state index contributed by atoms with van der Waals surface area (Å²) in [6, 6.07) is 0. The van der Waals surface area contributed by atoms with Crippen molar-refractivity contribution in [3.63, 3.8) is 0 Å². The van der Waals surface area contributed by atoms with Crippen molar-refractivity contribution in [2.24, 2.45) is 0 Å². The van der Waals surface area contributed by atoms with Crippen molar-refractivity contribution >= 4 is 18.5 Å². The lowest BCUT2D eigenvalue weighted by Gasteiger charge is -2.03. The minimum atomic E-state index is 0.0726. The monoisotopic (exact) mass is 190 g/mol. The first kappa shape index (κ1) is 11.8. The first-order valence-corrected chi connectivity index (χ1v) is 4.96. The smallest absolute Gasteiger partial charge is 0.233 e. The predicted octanol–water partition coefficient (Wildman–Crippen LogP) is 0.422. The summed E-state index contributed by atoms with van der Waals surface area (Å²) in [6.45, 7) is 1.20. The first-order valence-electron chi connectivity index (χ1n) is 4.33. The molecule has 0 heterocycles. The van der Waals surface area contributed by atoms with Crippen LogP contribution in [0.5, 0.6) is 0 Å². The fourth-order valence-electron chi connectivity index (χ4n) is 0.864. The van der Waals surface area contributed by atoms with E-state index in [1.54, 1.807) is 7.05 Å². The number of amides is 1. The van der Waals surface area contributed by atoms with Crippen LogP contribution in [-0.2, 0) is 4.79 Å². The lowest BCUT2D eigenvalue weighted by Crippen LogP contribution is -2.32. The molecule has 4 heteroatoms. The molecule has 0 aromatic rings. The van der Waals surface area contributed by atoms with Crippen molar-refractivity contribution in [2.75, 3.05) is 25.9 Å². The highest BCUT2D eigenvalue weighted by atomic mass is 32.1. The quantitative estimate of drug-likeness (QED) is 0.402. The molecule has 0 fully saturated rings. The molecule has 3 nitrogen and oxygen atoms in total. The largest absolute Gasteiger partial charge is 0.355 e. The van der Waals surface area contributed by atoms with E-state index in [4.69, 9.17) is 0 Å². The molecule has 0 aliphatic carbocycles. The average Bonchev–Trinajstić information content (AvgIpc) is 2.05. The second kappa shape index (κ2) is 8.87. The fourth-order valence-corrected chi connectivity index (χ4v) is 1.09. The van der Waals surface area contributed by atoms with Gasteiger partial charge in [0.25, 0.3) is 0 Å². The van der Waals surface area contributed by atoms with Crippen LogP contribution >= 0.6 is 12.6 Å². The molecular weight excluding hydrogens is 172 g/mol. The predicted molar refractivity (Wildman–Crippen MR) is 54.6 cm³/mol. The second-order valence-corrected chi connectivity index (χ2v) is 3.11. The van der Waals surface area contributed by atoms with E-state index in [0.29, 0.717) is 6.54 Å². The summed E-state index contributed by atoms with van der Waals surface area (Å²) in [4.78, 5) is 10.9. The molecule has 0 rings (SSSR count). The van der Waals surface area contributed by atoms with E-state index in [1.165, 1.54) is 0 Å². The number of hydrogen-bond acceptors (Lipinski definition) is 3. The molecule has 0 spiro atoms. The highest BCUT2D eigenvalue weighted by Crippen LogP contribution is 1.94. The maximum atomic E-state index is 10.9. The SMILES string of the molecule is CNCC(=O)NCCCCCS. The Labute approximate surface area is 79.7 Å². The Bertz CT molecular complexity index is 120. The highest BCUT2D eigenvalue weighted by molar-refractivity contribution is 7.80. The van der Waals surface area contributed by atoms with Gasteiger partial charge in [0.15, 0.2) is 0 Å². The van der Waals surface area contributed by atoms with Gasteiger partial charge in [-0.2, -0.15) is 12.6 Å². The van der Waals surface area contributed by atoms with E-state index in [2.05, 4.69) is 23.3 Å². The molecule has 72 valence electrons. The summed E-state index contributed by atoms with van der Waals surface area (Å²) in [5.41, 5.74) is 0. The average molecular weight is 190 g/mol. The molecule has 0 unspecified atom stereocenters. The van der Waals surface area contributed by atoms with Gasteiger partial charge in [0.05, 0.1) is 6.54 Å². The molecule has 1 amide bonds. The van der Waals surface area contributed by atoms with E-state index in [9.17, 15) is 4.79 Å². The van der Waals surface area contributed by atoms with Crippen molar-refractivity contribution in [1.82, 2.24) is 10.6 Å². The Balaban J connectivity index is 3.03. The topological polar surface area (TPSA) is 41.1 Å². The Hall–Kier alpha value is -0.220. The summed E-state index contributed by atoms with van der Waals surface area (Å²) in [6.07, 6.45) is 3.32. The van der Waals surface area contributed by atoms with Gasteiger partial charge in [-0.25, -0.2) is 0 Å². The molecule has 0 saturated heterocycles. The molecule has 2 N–H and O–H groups in total. The standard InChI is InChI=1S/C8H18N2OS/c1-9-7-8(11)10-5-3-2-4-6-12/h9,12H,2-7H2,1H3,(H,10,11). The number of thiol groups is 1. The molecule has 0 atom stereocenters. The van der Waals surface area contributed by atoms with Gasteiger partial charge in [-0.3, -0.25) is 4.79 Å². The zero-order valence-corrected chi connectivity index (χ0v) is 8.49. The van der Waals surface area contributed by atoms with Gasteiger partial charge >= 0.3 is 0 Å². The van der Waals surface area contributed by atoms with E-state index in [0.717, 1.165) is 31.6 Å². The van der Waals surface area contributed by atoms with Gasteiger partial charge < -0.3 is 10.6 Å². The zero-order valence-electron chi connectivity index (χ0n) is 7.60. The fraction of sp³-hybridized carbons (Fsp3) is 0.875. The van der Waals surface area contributed by atoms with E-state index < -0.39 is 0 Å². The molecule has 0 bridgehead atoms. The Kier molecular flexibility index (Phi) is 8.71. The van der Waals surface area contributed by atoms with Crippen LogP contribution in [0.25, 0.3) is 0 Å². The molecular formula is C8H18N2OS. The summed E-state index contributed by atoms with van der Waals surface area (Å²) < 4.78 is 0. The maximum absolute atomic E-state index is 10.9. The number of unbranched alkanes of at least 4 members (excludes halogenated alkanes) is 2. The van der Waals surface area contributed by atoms with E-state index >= 15 is 0 Å².